The van der Waals surface area contributed by atoms with Crippen LogP contribution in [0.4, 0.5) is 0 Å². The summed E-state index contributed by atoms with van der Waals surface area (Å²) in [5.74, 6) is 0.548. The molecule has 6 heteroatoms. The first kappa shape index (κ1) is 18.5. The van der Waals surface area contributed by atoms with Crippen LogP contribution in [0.3, 0.4) is 0 Å². The lowest BCUT2D eigenvalue weighted by Gasteiger charge is -2.22. The average Bonchev–Trinajstić information content (AvgIpc) is 3.36. The van der Waals surface area contributed by atoms with Crippen molar-refractivity contribution in [1.29, 1.82) is 0 Å². The fourth-order valence-corrected chi connectivity index (χ4v) is 2.53. The van der Waals surface area contributed by atoms with E-state index < -0.39 is 0 Å². The maximum atomic E-state index is 5.96. The summed E-state index contributed by atoms with van der Waals surface area (Å²) in [4.78, 5) is 4.39. The summed E-state index contributed by atoms with van der Waals surface area (Å²) < 4.78 is 11.3. The smallest absolute Gasteiger partial charge is 0.189 e. The van der Waals surface area contributed by atoms with E-state index in [1.54, 1.807) is 0 Å². The van der Waals surface area contributed by atoms with E-state index in [4.69, 9.17) is 15.2 Å². The fourth-order valence-electron chi connectivity index (χ4n) is 2.53. The second-order valence-corrected chi connectivity index (χ2v) is 6.06. The lowest BCUT2D eigenvalue weighted by atomic mass is 10.1. The summed E-state index contributed by atoms with van der Waals surface area (Å²) in [5.41, 5.74) is 8.21. The van der Waals surface area contributed by atoms with Gasteiger partial charge in [-0.25, -0.2) is 4.99 Å². The quantitative estimate of drug-likeness (QED) is 0.413. The van der Waals surface area contributed by atoms with Crippen molar-refractivity contribution >= 4 is 29.9 Å². The monoisotopic (exact) mass is 431 g/mol. The maximum Gasteiger partial charge on any atom is 0.189 e. The normalized spacial score (nSPS) is 19.2. The first-order valence-electron chi connectivity index (χ1n) is 8.13. The molecule has 1 heterocycles. The van der Waals surface area contributed by atoms with E-state index in [-0.39, 0.29) is 24.0 Å². The Morgan fingerprint density at radius 2 is 1.96 bits per heavy atom. The molecule has 1 aromatic carbocycles. The zero-order chi connectivity index (χ0) is 15.2. The molecule has 0 spiro atoms. The van der Waals surface area contributed by atoms with Gasteiger partial charge in [-0.05, 0) is 36.8 Å². The first-order chi connectivity index (χ1) is 10.8. The van der Waals surface area contributed by atoms with E-state index in [9.17, 15) is 0 Å². The molecule has 3 N–H and O–H groups in total. The van der Waals surface area contributed by atoms with Gasteiger partial charge in [-0.1, -0.05) is 24.3 Å². The minimum Gasteiger partial charge on any atom is -0.381 e. The van der Waals surface area contributed by atoms with Crippen LogP contribution in [0.1, 0.15) is 36.8 Å². The zero-order valence-corrected chi connectivity index (χ0v) is 15.7. The van der Waals surface area contributed by atoms with Crippen LogP contribution in [-0.4, -0.2) is 31.3 Å². The lowest BCUT2D eigenvalue weighted by molar-refractivity contribution is -0.0390. The zero-order valence-electron chi connectivity index (χ0n) is 13.4. The van der Waals surface area contributed by atoms with Crippen LogP contribution in [-0.2, 0) is 22.6 Å². The fraction of sp³-hybridized carbons (Fsp3) is 0.588. The third kappa shape index (κ3) is 6.64. The van der Waals surface area contributed by atoms with Gasteiger partial charge in [0.05, 0.1) is 19.3 Å². The molecule has 0 unspecified atom stereocenters. The van der Waals surface area contributed by atoms with E-state index in [0.717, 1.165) is 31.6 Å². The van der Waals surface area contributed by atoms with Crippen molar-refractivity contribution in [2.75, 3.05) is 13.2 Å². The minimum absolute atomic E-state index is 0. The van der Waals surface area contributed by atoms with Crippen molar-refractivity contribution in [3.63, 3.8) is 0 Å². The summed E-state index contributed by atoms with van der Waals surface area (Å²) in [6.07, 6.45) is 4.72. The SMILES string of the molecule is I.NC(=NCc1cccc(COC2CCOCC2)c1)NC1CC1. The van der Waals surface area contributed by atoms with Crippen LogP contribution < -0.4 is 11.1 Å². The molecule has 1 aliphatic heterocycles. The highest BCUT2D eigenvalue weighted by Crippen LogP contribution is 2.18. The molecule has 3 rings (SSSR count). The Labute approximate surface area is 155 Å². The average molecular weight is 431 g/mol. The Morgan fingerprint density at radius 1 is 1.22 bits per heavy atom. The highest BCUT2D eigenvalue weighted by Gasteiger charge is 2.21. The van der Waals surface area contributed by atoms with Gasteiger partial charge in [-0.15, -0.1) is 24.0 Å². The van der Waals surface area contributed by atoms with Crippen molar-refractivity contribution in [2.45, 2.75) is 51.0 Å². The Hall–Kier alpha value is -0.860. The van der Waals surface area contributed by atoms with Gasteiger partial charge in [-0.2, -0.15) is 0 Å². The number of halogens is 1. The third-order valence-electron chi connectivity index (χ3n) is 4.01. The summed E-state index contributed by atoms with van der Waals surface area (Å²) in [6, 6.07) is 8.91. The van der Waals surface area contributed by atoms with Gasteiger partial charge < -0.3 is 20.5 Å². The summed E-state index contributed by atoms with van der Waals surface area (Å²) in [7, 11) is 0. The van der Waals surface area contributed by atoms with Crippen LogP contribution in [0.2, 0.25) is 0 Å². The van der Waals surface area contributed by atoms with E-state index >= 15 is 0 Å². The number of benzene rings is 1. The number of nitrogens with zero attached hydrogens (tertiary/aromatic N) is 1. The van der Waals surface area contributed by atoms with Gasteiger partial charge in [-0.3, -0.25) is 0 Å². The number of rotatable bonds is 6. The first-order valence-corrected chi connectivity index (χ1v) is 8.13. The predicted molar refractivity (Wildman–Crippen MR) is 102 cm³/mol. The minimum atomic E-state index is 0. The molecule has 0 bridgehead atoms. The molecule has 1 aromatic rings. The van der Waals surface area contributed by atoms with Crippen molar-refractivity contribution in [2.24, 2.45) is 10.7 Å². The second-order valence-electron chi connectivity index (χ2n) is 6.06. The predicted octanol–water partition coefficient (Wildman–Crippen LogP) is 2.57. The number of nitrogens with one attached hydrogen (secondary N) is 1. The number of hydrogen-bond acceptors (Lipinski definition) is 3. The standard InChI is InChI=1S/C17H25N3O2.HI/c18-17(20-15-4-5-15)19-11-13-2-1-3-14(10-13)12-22-16-6-8-21-9-7-16;/h1-3,10,15-16H,4-9,11-12H2,(H3,18,19,20);1H. The number of guanidine groups is 1. The van der Waals surface area contributed by atoms with Crippen molar-refractivity contribution in [3.05, 3.63) is 35.4 Å². The molecule has 2 aliphatic rings. The van der Waals surface area contributed by atoms with Gasteiger partial charge in [0.15, 0.2) is 5.96 Å². The van der Waals surface area contributed by atoms with Crippen LogP contribution >= 0.6 is 24.0 Å². The summed E-state index contributed by atoms with van der Waals surface area (Å²) >= 11 is 0. The van der Waals surface area contributed by atoms with Crippen molar-refractivity contribution in [1.82, 2.24) is 5.32 Å². The molecule has 0 amide bonds. The lowest BCUT2D eigenvalue weighted by Crippen LogP contribution is -2.33. The molecule has 23 heavy (non-hydrogen) atoms. The molecule has 0 radical (unpaired) electrons. The van der Waals surface area contributed by atoms with Crippen molar-refractivity contribution < 1.29 is 9.47 Å². The maximum absolute atomic E-state index is 5.96. The Morgan fingerprint density at radius 3 is 2.70 bits per heavy atom. The largest absolute Gasteiger partial charge is 0.381 e. The molecule has 5 nitrogen and oxygen atoms in total. The molecule has 0 atom stereocenters. The van der Waals surface area contributed by atoms with E-state index in [0.29, 0.717) is 31.3 Å². The number of aliphatic imine (C=N–C) groups is 1. The highest BCUT2D eigenvalue weighted by atomic mass is 127. The van der Waals surface area contributed by atoms with Gasteiger partial charge >= 0.3 is 0 Å². The summed E-state index contributed by atoms with van der Waals surface area (Å²) in [6.45, 7) is 2.88. The molecule has 2 fully saturated rings. The molecule has 1 saturated carbocycles. The van der Waals surface area contributed by atoms with Crippen LogP contribution in [0.5, 0.6) is 0 Å². The topological polar surface area (TPSA) is 68.9 Å². The molecular formula is C17H26IN3O2. The molecule has 128 valence electrons. The Bertz CT molecular complexity index is 514. The number of ether oxygens (including phenoxy) is 2. The highest BCUT2D eigenvalue weighted by molar-refractivity contribution is 14.0. The van der Waals surface area contributed by atoms with E-state index in [2.05, 4.69) is 34.6 Å². The Kier molecular flexibility index (Phi) is 7.58. The molecule has 0 aromatic heterocycles. The summed E-state index contributed by atoms with van der Waals surface area (Å²) in [5, 5.41) is 3.20. The van der Waals surface area contributed by atoms with Crippen LogP contribution in [0, 0.1) is 0 Å². The third-order valence-corrected chi connectivity index (χ3v) is 4.01. The van der Waals surface area contributed by atoms with Gasteiger partial charge in [0, 0.05) is 19.3 Å². The van der Waals surface area contributed by atoms with Gasteiger partial charge in [0.1, 0.15) is 0 Å². The van der Waals surface area contributed by atoms with E-state index in [1.807, 2.05) is 0 Å². The molecule has 1 aliphatic carbocycles. The Balaban J connectivity index is 0.00000192. The van der Waals surface area contributed by atoms with Crippen molar-refractivity contribution in [3.8, 4) is 0 Å². The molecule has 1 saturated heterocycles. The number of nitrogens with two attached hydrogens (primary N) is 1. The van der Waals surface area contributed by atoms with Crippen LogP contribution in [0.25, 0.3) is 0 Å². The number of hydrogen-bond donors (Lipinski definition) is 2. The molecular weight excluding hydrogens is 405 g/mol. The van der Waals surface area contributed by atoms with Gasteiger partial charge in [0.2, 0.25) is 0 Å². The van der Waals surface area contributed by atoms with E-state index in [1.165, 1.54) is 18.4 Å². The van der Waals surface area contributed by atoms with Gasteiger partial charge in [0.25, 0.3) is 0 Å². The van der Waals surface area contributed by atoms with Crippen LogP contribution in [0.15, 0.2) is 29.3 Å². The second kappa shape index (κ2) is 9.44.